The summed E-state index contributed by atoms with van der Waals surface area (Å²) >= 11 is 0. The minimum atomic E-state index is 0.227. The highest BCUT2D eigenvalue weighted by Crippen LogP contribution is 2.19. The van der Waals surface area contributed by atoms with Crippen LogP contribution in [0.4, 0.5) is 0 Å². The van der Waals surface area contributed by atoms with Crippen LogP contribution in [0.25, 0.3) is 0 Å². The van der Waals surface area contributed by atoms with E-state index in [1.165, 1.54) is 44.4 Å². The van der Waals surface area contributed by atoms with Crippen molar-refractivity contribution in [1.29, 1.82) is 0 Å². The Kier molecular flexibility index (Phi) is 11.9. The molecule has 15 heavy (non-hydrogen) atoms. The number of aliphatic hydroxyl groups excluding tert-OH is 2. The van der Waals surface area contributed by atoms with Crippen molar-refractivity contribution in [2.24, 2.45) is 0 Å². The molecule has 0 fully saturated rings. The fraction of sp³-hybridized carbons (Fsp3) is 0.923. The predicted octanol–water partition coefficient (Wildman–Crippen LogP) is 3.08. The molecule has 2 nitrogen and oxygen atoms in total. The monoisotopic (exact) mass is 215 g/mol. The molecule has 0 aliphatic heterocycles. The molecular weight excluding hydrogens is 188 g/mol. The lowest BCUT2D eigenvalue weighted by Crippen LogP contribution is -2.03. The van der Waals surface area contributed by atoms with Crippen molar-refractivity contribution in [2.45, 2.75) is 64.7 Å². The van der Waals surface area contributed by atoms with Crippen molar-refractivity contribution in [1.82, 2.24) is 0 Å². The third kappa shape index (κ3) is 10.2. The zero-order valence-corrected chi connectivity index (χ0v) is 10.2. The SMILES string of the molecule is CCCCCCCC[C](CCO)CCO. The Morgan fingerprint density at radius 2 is 1.27 bits per heavy atom. The Hall–Kier alpha value is -0.0800. The van der Waals surface area contributed by atoms with Gasteiger partial charge >= 0.3 is 0 Å². The van der Waals surface area contributed by atoms with Gasteiger partial charge in [-0.2, -0.15) is 0 Å². The number of hydrogen-bond acceptors (Lipinski definition) is 2. The molecular formula is C13H27O2. The van der Waals surface area contributed by atoms with Crippen molar-refractivity contribution >= 4 is 0 Å². The van der Waals surface area contributed by atoms with E-state index in [2.05, 4.69) is 6.92 Å². The summed E-state index contributed by atoms with van der Waals surface area (Å²) in [5.41, 5.74) is 0. The average Bonchev–Trinajstić information content (AvgIpc) is 2.24. The molecule has 0 heterocycles. The maximum absolute atomic E-state index is 8.83. The second-order valence-corrected chi connectivity index (χ2v) is 4.21. The molecule has 0 aromatic heterocycles. The molecule has 2 N–H and O–H groups in total. The first-order chi connectivity index (χ1) is 7.35. The number of aliphatic hydroxyl groups is 2. The van der Waals surface area contributed by atoms with E-state index in [0.29, 0.717) is 0 Å². The van der Waals surface area contributed by atoms with Crippen LogP contribution in [-0.4, -0.2) is 23.4 Å². The molecule has 0 unspecified atom stereocenters. The largest absolute Gasteiger partial charge is 0.396 e. The van der Waals surface area contributed by atoms with Gasteiger partial charge in [0.25, 0.3) is 0 Å². The van der Waals surface area contributed by atoms with Gasteiger partial charge in [0, 0.05) is 13.2 Å². The second-order valence-electron chi connectivity index (χ2n) is 4.21. The lowest BCUT2D eigenvalue weighted by molar-refractivity contribution is 0.262. The van der Waals surface area contributed by atoms with Crippen LogP contribution in [0.5, 0.6) is 0 Å². The first kappa shape index (κ1) is 14.9. The summed E-state index contributed by atoms with van der Waals surface area (Å²) in [7, 11) is 0. The molecule has 0 aliphatic rings. The Balaban J connectivity index is 3.28. The number of rotatable bonds is 11. The van der Waals surface area contributed by atoms with Gasteiger partial charge in [-0.3, -0.25) is 0 Å². The van der Waals surface area contributed by atoms with Crippen molar-refractivity contribution in [3.63, 3.8) is 0 Å². The summed E-state index contributed by atoms with van der Waals surface area (Å²) < 4.78 is 0. The number of hydrogen-bond donors (Lipinski definition) is 2. The highest BCUT2D eigenvalue weighted by Gasteiger charge is 2.07. The summed E-state index contributed by atoms with van der Waals surface area (Å²) in [4.78, 5) is 0. The van der Waals surface area contributed by atoms with E-state index in [0.717, 1.165) is 19.3 Å². The van der Waals surface area contributed by atoms with E-state index in [1.807, 2.05) is 0 Å². The molecule has 2 heteroatoms. The van der Waals surface area contributed by atoms with Gasteiger partial charge in [0.1, 0.15) is 0 Å². The standard InChI is InChI=1S/C13H27O2/c1-2-3-4-5-6-7-8-13(9-11-14)10-12-15/h14-15H,2-12H2,1H3. The topological polar surface area (TPSA) is 40.5 Å². The zero-order valence-electron chi connectivity index (χ0n) is 10.2. The average molecular weight is 215 g/mol. The van der Waals surface area contributed by atoms with Crippen LogP contribution in [0, 0.1) is 5.92 Å². The van der Waals surface area contributed by atoms with Gasteiger partial charge in [-0.15, -0.1) is 0 Å². The smallest absolute Gasteiger partial charge is 0.0436 e. The fourth-order valence-electron chi connectivity index (χ4n) is 1.85. The lowest BCUT2D eigenvalue weighted by atomic mass is 9.95. The van der Waals surface area contributed by atoms with Crippen LogP contribution in [0.2, 0.25) is 0 Å². The minimum absolute atomic E-state index is 0.227. The van der Waals surface area contributed by atoms with Gasteiger partial charge < -0.3 is 10.2 Å². The number of unbranched alkanes of at least 4 members (excludes halogenated alkanes) is 5. The minimum Gasteiger partial charge on any atom is -0.396 e. The molecule has 0 aromatic carbocycles. The molecule has 0 saturated carbocycles. The maximum Gasteiger partial charge on any atom is 0.0436 e. The molecule has 1 radical (unpaired) electrons. The zero-order chi connectivity index (χ0) is 11.4. The van der Waals surface area contributed by atoms with E-state index in [4.69, 9.17) is 10.2 Å². The molecule has 0 bridgehead atoms. The molecule has 0 aliphatic carbocycles. The molecule has 91 valence electrons. The van der Waals surface area contributed by atoms with Crippen molar-refractivity contribution < 1.29 is 10.2 Å². The third-order valence-electron chi connectivity index (χ3n) is 2.81. The summed E-state index contributed by atoms with van der Waals surface area (Å²) in [6.07, 6.45) is 10.5. The Bertz CT molecular complexity index is 109. The van der Waals surface area contributed by atoms with Gasteiger partial charge in [0.05, 0.1) is 0 Å². The molecule has 0 amide bonds. The highest BCUT2D eigenvalue weighted by atomic mass is 16.3. The summed E-state index contributed by atoms with van der Waals surface area (Å²) in [5, 5.41) is 17.7. The summed E-state index contributed by atoms with van der Waals surface area (Å²) in [6, 6.07) is 0. The lowest BCUT2D eigenvalue weighted by Gasteiger charge is -2.13. The van der Waals surface area contributed by atoms with Gasteiger partial charge in [0.15, 0.2) is 0 Å². The quantitative estimate of drug-likeness (QED) is 0.520. The van der Waals surface area contributed by atoms with Gasteiger partial charge in [-0.25, -0.2) is 0 Å². The van der Waals surface area contributed by atoms with E-state index in [1.54, 1.807) is 0 Å². The van der Waals surface area contributed by atoms with Crippen molar-refractivity contribution in [2.75, 3.05) is 13.2 Å². The van der Waals surface area contributed by atoms with Gasteiger partial charge in [-0.1, -0.05) is 45.4 Å². The fourth-order valence-corrected chi connectivity index (χ4v) is 1.85. The third-order valence-corrected chi connectivity index (χ3v) is 2.81. The van der Waals surface area contributed by atoms with Crippen LogP contribution < -0.4 is 0 Å². The first-order valence-electron chi connectivity index (χ1n) is 6.40. The summed E-state index contributed by atoms with van der Waals surface area (Å²) in [5.74, 6) is 1.33. The predicted molar refractivity (Wildman–Crippen MR) is 64.6 cm³/mol. The van der Waals surface area contributed by atoms with E-state index in [9.17, 15) is 0 Å². The maximum atomic E-state index is 8.83. The van der Waals surface area contributed by atoms with Crippen molar-refractivity contribution in [3.8, 4) is 0 Å². The normalized spacial score (nSPS) is 11.2. The van der Waals surface area contributed by atoms with Crippen LogP contribution in [0.15, 0.2) is 0 Å². The van der Waals surface area contributed by atoms with Crippen LogP contribution in [0.1, 0.15) is 64.7 Å². The summed E-state index contributed by atoms with van der Waals surface area (Å²) in [6.45, 7) is 2.69. The first-order valence-corrected chi connectivity index (χ1v) is 6.40. The Morgan fingerprint density at radius 1 is 0.733 bits per heavy atom. The molecule has 0 rings (SSSR count). The van der Waals surface area contributed by atoms with E-state index < -0.39 is 0 Å². The molecule has 0 saturated heterocycles. The Labute approximate surface area is 94.7 Å². The van der Waals surface area contributed by atoms with Gasteiger partial charge in [0.2, 0.25) is 0 Å². The van der Waals surface area contributed by atoms with Crippen LogP contribution in [-0.2, 0) is 0 Å². The van der Waals surface area contributed by atoms with Crippen LogP contribution >= 0.6 is 0 Å². The molecule has 0 aromatic rings. The van der Waals surface area contributed by atoms with Crippen LogP contribution in [0.3, 0.4) is 0 Å². The van der Waals surface area contributed by atoms with E-state index >= 15 is 0 Å². The molecule has 0 spiro atoms. The van der Waals surface area contributed by atoms with Gasteiger partial charge in [-0.05, 0) is 25.2 Å². The van der Waals surface area contributed by atoms with E-state index in [-0.39, 0.29) is 13.2 Å². The molecule has 0 atom stereocenters. The van der Waals surface area contributed by atoms with Crippen molar-refractivity contribution in [3.05, 3.63) is 5.92 Å². The second kappa shape index (κ2) is 12.0. The Morgan fingerprint density at radius 3 is 1.80 bits per heavy atom. The highest BCUT2D eigenvalue weighted by molar-refractivity contribution is 4.88.